The molecular formula is C20H29N3O3. The van der Waals surface area contributed by atoms with E-state index < -0.39 is 5.60 Å². The number of aliphatic hydroxyl groups is 1. The quantitative estimate of drug-likeness (QED) is 0.854. The van der Waals surface area contributed by atoms with Gasteiger partial charge in [-0.3, -0.25) is 9.59 Å². The van der Waals surface area contributed by atoms with Gasteiger partial charge in [0, 0.05) is 39.0 Å². The second-order valence-electron chi connectivity index (χ2n) is 7.59. The number of rotatable bonds is 5. The van der Waals surface area contributed by atoms with E-state index in [4.69, 9.17) is 0 Å². The number of carbonyl (C=O) groups excluding carboxylic acids is 2. The van der Waals surface area contributed by atoms with Crippen molar-refractivity contribution >= 4 is 11.8 Å². The van der Waals surface area contributed by atoms with Crippen LogP contribution < -0.4 is 0 Å². The van der Waals surface area contributed by atoms with Crippen molar-refractivity contribution in [2.75, 3.05) is 40.3 Å². The lowest BCUT2D eigenvalue weighted by atomic mass is 9.79. The molecule has 1 aromatic carbocycles. The van der Waals surface area contributed by atoms with Crippen LogP contribution in [0.4, 0.5) is 0 Å². The van der Waals surface area contributed by atoms with Gasteiger partial charge in [-0.15, -0.1) is 0 Å². The summed E-state index contributed by atoms with van der Waals surface area (Å²) in [6, 6.07) is 9.54. The monoisotopic (exact) mass is 359 g/mol. The first-order valence-corrected chi connectivity index (χ1v) is 9.41. The number of benzene rings is 1. The summed E-state index contributed by atoms with van der Waals surface area (Å²) in [5.74, 6) is 0.215. The van der Waals surface area contributed by atoms with Gasteiger partial charge in [0.1, 0.15) is 5.60 Å². The number of carbonyl (C=O) groups is 2. The van der Waals surface area contributed by atoms with Crippen LogP contribution in [0.15, 0.2) is 30.3 Å². The molecule has 142 valence electrons. The number of hydrogen-bond donors (Lipinski definition) is 1. The molecule has 2 fully saturated rings. The van der Waals surface area contributed by atoms with Crippen LogP contribution in [0.3, 0.4) is 0 Å². The van der Waals surface area contributed by atoms with Gasteiger partial charge < -0.3 is 19.8 Å². The summed E-state index contributed by atoms with van der Waals surface area (Å²) in [5.41, 5.74) is -0.0691. The van der Waals surface area contributed by atoms with Crippen molar-refractivity contribution in [3.8, 4) is 0 Å². The molecule has 2 aliphatic rings. The smallest absolute Gasteiger partial charge is 0.224 e. The molecule has 1 aromatic rings. The van der Waals surface area contributed by atoms with Crippen LogP contribution in [0.25, 0.3) is 0 Å². The van der Waals surface area contributed by atoms with Crippen LogP contribution in [0.5, 0.6) is 0 Å². The zero-order valence-electron chi connectivity index (χ0n) is 15.7. The molecule has 1 N–H and O–H groups in total. The maximum absolute atomic E-state index is 12.7. The van der Waals surface area contributed by atoms with E-state index >= 15 is 0 Å². The molecule has 0 radical (unpaired) electrons. The number of likely N-dealkylation sites (tertiary alicyclic amines) is 2. The molecule has 0 bridgehead atoms. The van der Waals surface area contributed by atoms with Crippen molar-refractivity contribution in [1.82, 2.24) is 14.7 Å². The molecule has 2 aliphatic heterocycles. The molecule has 0 aliphatic carbocycles. The summed E-state index contributed by atoms with van der Waals surface area (Å²) in [6.07, 6.45) is 2.36. The van der Waals surface area contributed by atoms with Crippen LogP contribution in [0, 0.1) is 0 Å². The largest absolute Gasteiger partial charge is 0.383 e. The number of hydrogen-bond acceptors (Lipinski definition) is 4. The third-order valence-electron chi connectivity index (χ3n) is 5.72. The highest BCUT2D eigenvalue weighted by atomic mass is 16.3. The summed E-state index contributed by atoms with van der Waals surface area (Å²) in [4.78, 5) is 30.0. The molecule has 0 saturated carbocycles. The number of likely N-dealkylation sites (N-methyl/N-ethyl adjacent to an activating group) is 1. The van der Waals surface area contributed by atoms with Crippen molar-refractivity contribution in [3.63, 3.8) is 0 Å². The minimum atomic E-state index is -0.966. The second-order valence-corrected chi connectivity index (χ2v) is 7.59. The molecule has 6 nitrogen and oxygen atoms in total. The Morgan fingerprint density at radius 1 is 1.27 bits per heavy atom. The van der Waals surface area contributed by atoms with Crippen LogP contribution in [-0.2, 0) is 15.2 Å². The van der Waals surface area contributed by atoms with Gasteiger partial charge >= 0.3 is 0 Å². The number of amides is 2. The van der Waals surface area contributed by atoms with Gasteiger partial charge in [0.05, 0.1) is 6.04 Å². The molecular weight excluding hydrogens is 330 g/mol. The molecule has 2 amide bonds. The number of nitrogens with zero attached hydrogens (tertiary/aromatic N) is 3. The highest BCUT2D eigenvalue weighted by Gasteiger charge is 2.45. The number of piperidine rings is 1. The van der Waals surface area contributed by atoms with E-state index in [0.29, 0.717) is 38.9 Å². The highest BCUT2D eigenvalue weighted by molar-refractivity contribution is 5.80. The van der Waals surface area contributed by atoms with E-state index in [-0.39, 0.29) is 17.9 Å². The molecule has 2 atom stereocenters. The van der Waals surface area contributed by atoms with Gasteiger partial charge in [0.15, 0.2) is 0 Å². The van der Waals surface area contributed by atoms with Crippen LogP contribution >= 0.6 is 0 Å². The Bertz CT molecular complexity index is 649. The topological polar surface area (TPSA) is 64.1 Å². The van der Waals surface area contributed by atoms with Gasteiger partial charge in [-0.25, -0.2) is 0 Å². The van der Waals surface area contributed by atoms with Crippen molar-refractivity contribution in [2.45, 2.75) is 37.3 Å². The zero-order valence-corrected chi connectivity index (χ0v) is 15.7. The Labute approximate surface area is 155 Å². The lowest BCUT2D eigenvalue weighted by molar-refractivity contribution is -0.142. The maximum atomic E-state index is 12.7. The minimum Gasteiger partial charge on any atom is -0.383 e. The third kappa shape index (κ3) is 3.76. The van der Waals surface area contributed by atoms with E-state index in [0.717, 1.165) is 18.5 Å². The van der Waals surface area contributed by atoms with E-state index in [9.17, 15) is 14.7 Å². The predicted octanol–water partition coefficient (Wildman–Crippen LogP) is 1.05. The first-order valence-electron chi connectivity index (χ1n) is 9.41. The first-order chi connectivity index (χ1) is 12.4. The standard InChI is InChI=1S/C20H29N3O3/c1-21(2)17-15-23(19(25)10-13-22-12-6-9-18(22)24)14-11-20(17,26)16-7-4-3-5-8-16/h3-5,7-8,17,26H,6,9-15H2,1-2H3/t17-,20+/m1/s1. The molecule has 2 heterocycles. The van der Waals surface area contributed by atoms with Gasteiger partial charge in [-0.1, -0.05) is 30.3 Å². The SMILES string of the molecule is CN(C)[C@@H]1CN(C(=O)CCN2CCCC2=O)CC[C@]1(O)c1ccccc1. The van der Waals surface area contributed by atoms with Crippen molar-refractivity contribution in [2.24, 2.45) is 0 Å². The van der Waals surface area contributed by atoms with E-state index in [1.807, 2.05) is 54.2 Å². The Hall–Kier alpha value is -1.92. The molecule has 0 spiro atoms. The zero-order chi connectivity index (χ0) is 18.7. The van der Waals surface area contributed by atoms with Crippen molar-refractivity contribution in [3.05, 3.63) is 35.9 Å². The second kappa shape index (κ2) is 7.76. The van der Waals surface area contributed by atoms with Gasteiger partial charge in [-0.2, -0.15) is 0 Å². The van der Waals surface area contributed by atoms with Gasteiger partial charge in [0.25, 0.3) is 0 Å². The fourth-order valence-corrected chi connectivity index (χ4v) is 4.13. The van der Waals surface area contributed by atoms with E-state index in [2.05, 4.69) is 0 Å². The Balaban J connectivity index is 1.65. The molecule has 3 rings (SSSR count). The van der Waals surface area contributed by atoms with E-state index in [1.54, 1.807) is 4.90 Å². The van der Waals surface area contributed by atoms with Gasteiger partial charge in [-0.05, 0) is 32.5 Å². The normalized spacial score (nSPS) is 26.6. The van der Waals surface area contributed by atoms with Crippen LogP contribution in [0.1, 0.15) is 31.2 Å². The molecule has 0 aromatic heterocycles. The van der Waals surface area contributed by atoms with Gasteiger partial charge in [0.2, 0.25) is 11.8 Å². The molecule has 0 unspecified atom stereocenters. The summed E-state index contributed by atoms with van der Waals surface area (Å²) in [7, 11) is 3.88. The lowest BCUT2D eigenvalue weighted by Gasteiger charge is -2.47. The third-order valence-corrected chi connectivity index (χ3v) is 5.72. The van der Waals surface area contributed by atoms with Crippen molar-refractivity contribution < 1.29 is 14.7 Å². The fraction of sp³-hybridized carbons (Fsp3) is 0.600. The summed E-state index contributed by atoms with van der Waals surface area (Å²) in [6.45, 7) is 2.29. The first kappa shape index (κ1) is 18.9. The van der Waals surface area contributed by atoms with E-state index in [1.165, 1.54) is 0 Å². The minimum absolute atomic E-state index is 0.0617. The lowest BCUT2D eigenvalue weighted by Crippen LogP contribution is -2.60. The Morgan fingerprint density at radius 3 is 2.62 bits per heavy atom. The fourth-order valence-electron chi connectivity index (χ4n) is 4.13. The average Bonchev–Trinajstić information content (AvgIpc) is 3.05. The summed E-state index contributed by atoms with van der Waals surface area (Å²) < 4.78 is 0. The summed E-state index contributed by atoms with van der Waals surface area (Å²) in [5, 5.41) is 11.4. The van der Waals surface area contributed by atoms with Crippen molar-refractivity contribution in [1.29, 1.82) is 0 Å². The van der Waals surface area contributed by atoms with Crippen LogP contribution in [0.2, 0.25) is 0 Å². The Morgan fingerprint density at radius 2 is 2.00 bits per heavy atom. The molecule has 6 heteroatoms. The molecule has 26 heavy (non-hydrogen) atoms. The highest BCUT2D eigenvalue weighted by Crippen LogP contribution is 2.35. The Kier molecular flexibility index (Phi) is 5.63. The molecule has 2 saturated heterocycles. The summed E-state index contributed by atoms with van der Waals surface area (Å²) >= 11 is 0. The van der Waals surface area contributed by atoms with Crippen LogP contribution in [-0.4, -0.2) is 77.9 Å². The predicted molar refractivity (Wildman–Crippen MR) is 99.4 cm³/mol. The average molecular weight is 359 g/mol. The maximum Gasteiger partial charge on any atom is 0.224 e.